The minimum absolute atomic E-state index is 0.0242. The molecule has 0 aliphatic rings. The van der Waals surface area contributed by atoms with Gasteiger partial charge in [0.25, 0.3) is 5.69 Å². The fraction of sp³-hybridized carbons (Fsp3) is 0.133. The minimum atomic E-state index is -0.461. The Hall–Kier alpha value is -3.07. The number of nitro groups is 1. The molecule has 0 bridgehead atoms. The molecule has 0 amide bonds. The Morgan fingerprint density at radius 3 is 1.86 bits per heavy atom. The van der Waals surface area contributed by atoms with Crippen molar-refractivity contribution in [1.29, 1.82) is 5.26 Å². The quantitative estimate of drug-likeness (QED) is 0.462. The molecule has 2 aromatic carbocycles. The summed E-state index contributed by atoms with van der Waals surface area (Å²) < 4.78 is 10.9. The van der Waals surface area contributed by atoms with Crippen molar-refractivity contribution in [2.45, 2.75) is 0 Å². The largest absolute Gasteiger partial charge is 0.490 e. The molecular formula is C15H12N2O4. The number of nitrogens with zero attached hydrogens (tertiary/aromatic N) is 2. The first-order valence-electron chi connectivity index (χ1n) is 6.19. The molecule has 0 fully saturated rings. The highest BCUT2D eigenvalue weighted by Gasteiger charge is 2.04. The van der Waals surface area contributed by atoms with Crippen LogP contribution in [0.5, 0.6) is 11.5 Å². The maximum absolute atomic E-state index is 10.5. The van der Waals surface area contributed by atoms with Gasteiger partial charge in [-0.15, -0.1) is 0 Å². The number of rotatable bonds is 6. The molecule has 0 saturated heterocycles. The smallest absolute Gasteiger partial charge is 0.269 e. The summed E-state index contributed by atoms with van der Waals surface area (Å²) in [6.45, 7) is 0.653. The van der Waals surface area contributed by atoms with E-state index in [4.69, 9.17) is 14.7 Å². The van der Waals surface area contributed by atoms with Crippen LogP contribution in [-0.2, 0) is 0 Å². The predicted octanol–water partition coefficient (Wildman–Crippen LogP) is 2.92. The Bertz CT molecular complexity index is 645. The van der Waals surface area contributed by atoms with E-state index in [9.17, 15) is 10.1 Å². The third kappa shape index (κ3) is 4.21. The van der Waals surface area contributed by atoms with Crippen molar-refractivity contribution >= 4 is 5.69 Å². The van der Waals surface area contributed by atoms with Crippen LogP contribution in [0.2, 0.25) is 0 Å². The van der Waals surface area contributed by atoms with Crippen LogP contribution >= 0.6 is 0 Å². The van der Waals surface area contributed by atoms with Crippen LogP contribution in [-0.4, -0.2) is 18.1 Å². The van der Waals surface area contributed by atoms with Gasteiger partial charge >= 0.3 is 0 Å². The Balaban J connectivity index is 1.76. The topological polar surface area (TPSA) is 85.4 Å². The van der Waals surface area contributed by atoms with E-state index in [1.165, 1.54) is 12.1 Å². The van der Waals surface area contributed by atoms with Crippen molar-refractivity contribution in [3.63, 3.8) is 0 Å². The number of benzene rings is 2. The van der Waals surface area contributed by atoms with E-state index in [2.05, 4.69) is 0 Å². The van der Waals surface area contributed by atoms with Crippen LogP contribution in [0.15, 0.2) is 48.5 Å². The summed E-state index contributed by atoms with van der Waals surface area (Å²) in [7, 11) is 0. The molecule has 0 N–H and O–H groups in total. The summed E-state index contributed by atoms with van der Waals surface area (Å²) in [6.07, 6.45) is 0. The van der Waals surface area contributed by atoms with Crippen molar-refractivity contribution < 1.29 is 14.4 Å². The first kappa shape index (κ1) is 14.3. The zero-order valence-corrected chi connectivity index (χ0v) is 11.1. The molecular weight excluding hydrogens is 272 g/mol. The summed E-state index contributed by atoms with van der Waals surface area (Å²) in [5, 5.41) is 19.2. The van der Waals surface area contributed by atoms with Gasteiger partial charge < -0.3 is 9.47 Å². The first-order chi connectivity index (χ1) is 10.2. The SMILES string of the molecule is N#Cc1ccc(OCCOc2ccc([N+](=O)[O-])cc2)cc1. The molecule has 21 heavy (non-hydrogen) atoms. The van der Waals surface area contributed by atoms with Crippen LogP contribution in [0, 0.1) is 21.4 Å². The fourth-order valence-electron chi connectivity index (χ4n) is 1.61. The molecule has 6 heteroatoms. The van der Waals surface area contributed by atoms with Gasteiger partial charge in [0.2, 0.25) is 0 Å². The normalized spacial score (nSPS) is 9.67. The average Bonchev–Trinajstić information content (AvgIpc) is 2.52. The summed E-state index contributed by atoms with van der Waals surface area (Å²) in [6, 6.07) is 14.7. The molecule has 2 aromatic rings. The lowest BCUT2D eigenvalue weighted by Gasteiger charge is -2.08. The second-order valence-electron chi connectivity index (χ2n) is 4.08. The fourth-order valence-corrected chi connectivity index (χ4v) is 1.61. The van der Waals surface area contributed by atoms with Gasteiger partial charge in [0, 0.05) is 12.1 Å². The van der Waals surface area contributed by atoms with Crippen LogP contribution in [0.3, 0.4) is 0 Å². The van der Waals surface area contributed by atoms with Gasteiger partial charge in [-0.3, -0.25) is 10.1 Å². The minimum Gasteiger partial charge on any atom is -0.490 e. The van der Waals surface area contributed by atoms with E-state index in [0.717, 1.165) is 0 Å². The molecule has 0 aliphatic heterocycles. The van der Waals surface area contributed by atoms with E-state index in [1.807, 2.05) is 6.07 Å². The molecule has 0 radical (unpaired) electrons. The number of ether oxygens (including phenoxy) is 2. The lowest BCUT2D eigenvalue weighted by Crippen LogP contribution is -2.08. The van der Waals surface area contributed by atoms with Crippen LogP contribution < -0.4 is 9.47 Å². The van der Waals surface area contributed by atoms with E-state index < -0.39 is 4.92 Å². The standard InChI is InChI=1S/C15H12N2O4/c16-11-12-1-5-14(6-2-12)20-9-10-21-15-7-3-13(4-8-15)17(18)19/h1-8H,9-10H2. The number of hydrogen-bond donors (Lipinski definition) is 0. The van der Waals surface area contributed by atoms with Crippen molar-refractivity contribution in [3.8, 4) is 17.6 Å². The Kier molecular flexibility index (Phi) is 4.72. The van der Waals surface area contributed by atoms with Crippen molar-refractivity contribution in [1.82, 2.24) is 0 Å². The molecule has 0 aromatic heterocycles. The summed E-state index contributed by atoms with van der Waals surface area (Å²) in [5.41, 5.74) is 0.598. The summed E-state index contributed by atoms with van der Waals surface area (Å²) in [5.74, 6) is 1.20. The summed E-state index contributed by atoms with van der Waals surface area (Å²) in [4.78, 5) is 10.0. The molecule has 106 valence electrons. The van der Waals surface area contributed by atoms with E-state index in [-0.39, 0.29) is 5.69 Å². The molecule has 0 atom stereocenters. The monoisotopic (exact) mass is 284 g/mol. The molecule has 6 nitrogen and oxygen atoms in total. The predicted molar refractivity (Wildman–Crippen MR) is 75.2 cm³/mol. The van der Waals surface area contributed by atoms with Gasteiger partial charge in [0.05, 0.1) is 16.6 Å². The lowest BCUT2D eigenvalue weighted by molar-refractivity contribution is -0.384. The zero-order chi connectivity index (χ0) is 15.1. The van der Waals surface area contributed by atoms with Crippen molar-refractivity contribution in [2.24, 2.45) is 0 Å². The van der Waals surface area contributed by atoms with Gasteiger partial charge in [0.15, 0.2) is 0 Å². The molecule has 0 heterocycles. The van der Waals surface area contributed by atoms with Crippen LogP contribution in [0.4, 0.5) is 5.69 Å². The van der Waals surface area contributed by atoms with Gasteiger partial charge in [-0.25, -0.2) is 0 Å². The number of nitriles is 1. The van der Waals surface area contributed by atoms with Crippen LogP contribution in [0.1, 0.15) is 5.56 Å². The Morgan fingerprint density at radius 2 is 1.43 bits per heavy atom. The molecule has 0 aliphatic carbocycles. The second-order valence-corrected chi connectivity index (χ2v) is 4.08. The van der Waals surface area contributed by atoms with Crippen molar-refractivity contribution in [3.05, 3.63) is 64.2 Å². The van der Waals surface area contributed by atoms with E-state index in [1.54, 1.807) is 36.4 Å². The van der Waals surface area contributed by atoms with Gasteiger partial charge in [-0.05, 0) is 36.4 Å². The highest BCUT2D eigenvalue weighted by molar-refractivity contribution is 5.36. The molecule has 2 rings (SSSR count). The highest BCUT2D eigenvalue weighted by Crippen LogP contribution is 2.17. The number of nitro benzene ring substituents is 1. The molecule has 0 spiro atoms. The summed E-state index contributed by atoms with van der Waals surface area (Å²) >= 11 is 0. The van der Waals surface area contributed by atoms with E-state index in [0.29, 0.717) is 30.3 Å². The molecule has 0 saturated carbocycles. The third-order valence-corrected chi connectivity index (χ3v) is 2.65. The van der Waals surface area contributed by atoms with Gasteiger partial charge in [0.1, 0.15) is 24.7 Å². The van der Waals surface area contributed by atoms with Gasteiger partial charge in [-0.1, -0.05) is 0 Å². The maximum atomic E-state index is 10.5. The Morgan fingerprint density at radius 1 is 0.952 bits per heavy atom. The molecule has 0 unspecified atom stereocenters. The van der Waals surface area contributed by atoms with Gasteiger partial charge in [-0.2, -0.15) is 5.26 Å². The second kappa shape index (κ2) is 6.91. The number of hydrogen-bond acceptors (Lipinski definition) is 5. The number of non-ortho nitro benzene ring substituents is 1. The zero-order valence-electron chi connectivity index (χ0n) is 11.1. The average molecular weight is 284 g/mol. The Labute approximate surface area is 121 Å². The maximum Gasteiger partial charge on any atom is 0.269 e. The van der Waals surface area contributed by atoms with Crippen molar-refractivity contribution in [2.75, 3.05) is 13.2 Å². The lowest BCUT2D eigenvalue weighted by atomic mass is 10.2. The van der Waals surface area contributed by atoms with Crippen LogP contribution in [0.25, 0.3) is 0 Å². The van der Waals surface area contributed by atoms with E-state index >= 15 is 0 Å². The third-order valence-electron chi connectivity index (χ3n) is 2.65. The highest BCUT2D eigenvalue weighted by atomic mass is 16.6. The first-order valence-corrected chi connectivity index (χ1v) is 6.19.